The van der Waals surface area contributed by atoms with E-state index in [1.165, 1.54) is 7.11 Å². The van der Waals surface area contributed by atoms with Crippen LogP contribution in [-0.2, 0) is 26.3 Å². The van der Waals surface area contributed by atoms with Gasteiger partial charge in [0, 0.05) is 18.9 Å². The van der Waals surface area contributed by atoms with Crippen molar-refractivity contribution in [2.24, 2.45) is 7.05 Å². The van der Waals surface area contributed by atoms with E-state index >= 15 is 0 Å². The number of hydrogen-bond donors (Lipinski definition) is 1. The number of nitrogens with one attached hydrogen (secondary N) is 1. The highest BCUT2D eigenvalue weighted by atomic mass is 16.5. The third kappa shape index (κ3) is 3.82. The summed E-state index contributed by atoms with van der Waals surface area (Å²) in [4.78, 5) is 25.7. The first kappa shape index (κ1) is 19.8. The van der Waals surface area contributed by atoms with Crippen LogP contribution in [0.4, 0.5) is 5.69 Å². The molecule has 1 heterocycles. The number of rotatable bonds is 7. The third-order valence-corrected chi connectivity index (χ3v) is 4.63. The van der Waals surface area contributed by atoms with Gasteiger partial charge in [-0.3, -0.25) is 9.59 Å². The first-order valence-electron chi connectivity index (χ1n) is 9.16. The van der Waals surface area contributed by atoms with Crippen LogP contribution in [0.5, 0.6) is 5.75 Å². The molecule has 0 bridgehead atoms. The molecule has 0 unspecified atom stereocenters. The molecule has 0 aliphatic rings. The molecular weight excluding hydrogens is 328 g/mol. The summed E-state index contributed by atoms with van der Waals surface area (Å²) in [6.07, 6.45) is 4.82. The monoisotopic (exact) mass is 356 g/mol. The number of nitrogens with zero attached hydrogens (tertiary/aromatic N) is 1. The second kappa shape index (κ2) is 8.70. The Hall–Kier alpha value is -2.56. The van der Waals surface area contributed by atoms with Gasteiger partial charge in [-0.25, -0.2) is 0 Å². The molecule has 1 amide bonds. The van der Waals surface area contributed by atoms with Crippen molar-refractivity contribution in [1.29, 1.82) is 0 Å². The number of aryl methyl sites for hydroxylation is 3. The topological polar surface area (TPSA) is 60.3 Å². The lowest BCUT2D eigenvalue weighted by molar-refractivity contribution is 0.102. The number of pyridine rings is 1. The number of carbonyl (C=O) groups is 1. The van der Waals surface area contributed by atoms with Gasteiger partial charge in [0.25, 0.3) is 5.91 Å². The molecule has 5 nitrogen and oxygen atoms in total. The Balaban J connectivity index is 2.49. The zero-order valence-electron chi connectivity index (χ0n) is 16.3. The first-order valence-corrected chi connectivity index (χ1v) is 9.16. The van der Waals surface area contributed by atoms with E-state index in [-0.39, 0.29) is 16.7 Å². The van der Waals surface area contributed by atoms with Crippen LogP contribution in [0.3, 0.4) is 0 Å². The van der Waals surface area contributed by atoms with Gasteiger partial charge in [-0.1, -0.05) is 45.4 Å². The normalized spacial score (nSPS) is 10.7. The summed E-state index contributed by atoms with van der Waals surface area (Å²) in [5, 5.41) is 2.96. The van der Waals surface area contributed by atoms with Crippen molar-refractivity contribution in [3.63, 3.8) is 0 Å². The zero-order valence-corrected chi connectivity index (χ0v) is 16.3. The predicted octanol–water partition coefficient (Wildman–Crippen LogP) is 3.72. The average Bonchev–Trinajstić information content (AvgIpc) is 2.64. The van der Waals surface area contributed by atoms with Crippen LogP contribution in [-0.4, -0.2) is 17.6 Å². The predicted molar refractivity (Wildman–Crippen MR) is 105 cm³/mol. The minimum Gasteiger partial charge on any atom is -0.491 e. The summed E-state index contributed by atoms with van der Waals surface area (Å²) in [5.41, 5.74) is 3.46. The molecule has 0 spiro atoms. The highest BCUT2D eigenvalue weighted by molar-refractivity contribution is 6.05. The highest BCUT2D eigenvalue weighted by Crippen LogP contribution is 2.23. The zero-order chi connectivity index (χ0) is 19.3. The average molecular weight is 356 g/mol. The van der Waals surface area contributed by atoms with E-state index in [1.54, 1.807) is 6.20 Å². The van der Waals surface area contributed by atoms with Crippen LogP contribution >= 0.6 is 0 Å². The van der Waals surface area contributed by atoms with Gasteiger partial charge in [-0.15, -0.1) is 0 Å². The van der Waals surface area contributed by atoms with E-state index in [0.29, 0.717) is 0 Å². The maximum atomic E-state index is 12.9. The van der Waals surface area contributed by atoms with Gasteiger partial charge in [0.1, 0.15) is 5.56 Å². The molecule has 0 fully saturated rings. The fourth-order valence-electron chi connectivity index (χ4n) is 3.23. The van der Waals surface area contributed by atoms with Gasteiger partial charge in [0.15, 0.2) is 5.75 Å². The summed E-state index contributed by atoms with van der Waals surface area (Å²) < 4.78 is 7.14. The van der Waals surface area contributed by atoms with Gasteiger partial charge in [-0.2, -0.15) is 0 Å². The van der Waals surface area contributed by atoms with E-state index in [0.717, 1.165) is 48.2 Å². The Morgan fingerprint density at radius 1 is 1.15 bits per heavy atom. The fraction of sp³-hybridized carbons (Fsp3) is 0.429. The molecule has 1 aromatic carbocycles. The number of para-hydroxylation sites is 1. The molecule has 2 rings (SSSR count). The maximum Gasteiger partial charge on any atom is 0.261 e. The molecule has 0 aliphatic heterocycles. The molecule has 0 saturated carbocycles. The SMILES string of the molecule is CCCc1c(OC)c(=O)c(C(=O)Nc2c(CC)cccc2CC)cn1C. The van der Waals surface area contributed by atoms with E-state index in [1.807, 2.05) is 50.6 Å². The molecule has 1 aromatic heterocycles. The molecule has 1 N–H and O–H groups in total. The molecule has 140 valence electrons. The van der Waals surface area contributed by atoms with Crippen molar-refractivity contribution in [3.8, 4) is 5.75 Å². The van der Waals surface area contributed by atoms with Crippen molar-refractivity contribution in [2.45, 2.75) is 46.5 Å². The summed E-state index contributed by atoms with van der Waals surface area (Å²) in [6.45, 7) is 6.14. The lowest BCUT2D eigenvalue weighted by atomic mass is 10.0. The largest absolute Gasteiger partial charge is 0.491 e. The lowest BCUT2D eigenvalue weighted by Crippen LogP contribution is -2.26. The summed E-state index contributed by atoms with van der Waals surface area (Å²) in [6, 6.07) is 5.99. The highest BCUT2D eigenvalue weighted by Gasteiger charge is 2.20. The molecular formula is C21H28N2O3. The smallest absolute Gasteiger partial charge is 0.261 e. The number of aromatic nitrogens is 1. The van der Waals surface area contributed by atoms with Crippen LogP contribution in [0.15, 0.2) is 29.2 Å². The van der Waals surface area contributed by atoms with Crippen molar-refractivity contribution < 1.29 is 9.53 Å². The quantitative estimate of drug-likeness (QED) is 0.822. The van der Waals surface area contributed by atoms with Gasteiger partial charge in [-0.05, 0) is 30.4 Å². The fourth-order valence-corrected chi connectivity index (χ4v) is 3.23. The number of anilines is 1. The Kier molecular flexibility index (Phi) is 6.61. The van der Waals surface area contributed by atoms with Crippen molar-refractivity contribution >= 4 is 11.6 Å². The van der Waals surface area contributed by atoms with Crippen LogP contribution in [0, 0.1) is 0 Å². The van der Waals surface area contributed by atoms with Gasteiger partial charge in [0.2, 0.25) is 5.43 Å². The first-order chi connectivity index (χ1) is 12.5. The Bertz CT molecular complexity index is 831. The van der Waals surface area contributed by atoms with Crippen LogP contribution < -0.4 is 15.5 Å². The maximum absolute atomic E-state index is 12.9. The second-order valence-corrected chi connectivity index (χ2v) is 6.33. The van der Waals surface area contributed by atoms with Crippen molar-refractivity contribution in [1.82, 2.24) is 4.57 Å². The summed E-state index contributed by atoms with van der Waals surface area (Å²) in [5.74, 6) is -0.149. The minimum atomic E-state index is -0.400. The lowest BCUT2D eigenvalue weighted by Gasteiger charge is -2.17. The number of carbonyl (C=O) groups excluding carboxylic acids is 1. The molecule has 2 aromatic rings. The number of ether oxygens (including phenoxy) is 1. The van der Waals surface area contributed by atoms with Gasteiger partial charge < -0.3 is 14.6 Å². The molecule has 0 radical (unpaired) electrons. The minimum absolute atomic E-state index is 0.0946. The molecule has 0 aliphatic carbocycles. The standard InChI is InChI=1S/C21H28N2O3/c1-6-10-17-20(26-5)19(24)16(13-23(17)4)21(25)22-18-14(7-2)11-9-12-15(18)8-3/h9,11-13H,6-8,10H2,1-5H3,(H,22,25). The van der Waals surface area contributed by atoms with E-state index in [9.17, 15) is 9.59 Å². The van der Waals surface area contributed by atoms with Crippen molar-refractivity contribution in [3.05, 3.63) is 57.0 Å². The number of hydrogen-bond acceptors (Lipinski definition) is 3. The summed E-state index contributed by atoms with van der Waals surface area (Å²) in [7, 11) is 3.31. The number of methoxy groups -OCH3 is 1. The molecule has 0 atom stereocenters. The third-order valence-electron chi connectivity index (χ3n) is 4.63. The van der Waals surface area contributed by atoms with Crippen LogP contribution in [0.25, 0.3) is 0 Å². The number of benzene rings is 1. The van der Waals surface area contributed by atoms with Crippen molar-refractivity contribution in [2.75, 3.05) is 12.4 Å². The molecule has 26 heavy (non-hydrogen) atoms. The van der Waals surface area contributed by atoms with Crippen LogP contribution in [0.1, 0.15) is 54.4 Å². The molecule has 0 saturated heterocycles. The Morgan fingerprint density at radius 2 is 1.77 bits per heavy atom. The second-order valence-electron chi connectivity index (χ2n) is 6.33. The van der Waals surface area contributed by atoms with Gasteiger partial charge >= 0.3 is 0 Å². The number of amides is 1. The van der Waals surface area contributed by atoms with Gasteiger partial charge in [0.05, 0.1) is 12.8 Å². The van der Waals surface area contributed by atoms with E-state index in [4.69, 9.17) is 4.74 Å². The Labute approximate surface area is 155 Å². The van der Waals surface area contributed by atoms with Crippen LogP contribution in [0.2, 0.25) is 0 Å². The summed E-state index contributed by atoms with van der Waals surface area (Å²) >= 11 is 0. The van der Waals surface area contributed by atoms with E-state index < -0.39 is 5.91 Å². The molecule has 5 heteroatoms. The Morgan fingerprint density at radius 3 is 2.27 bits per heavy atom. The van der Waals surface area contributed by atoms with E-state index in [2.05, 4.69) is 5.32 Å².